The third kappa shape index (κ3) is 1.28. The molecule has 2 rings (SSSR count). The molecule has 0 aliphatic heterocycles. The van der Waals surface area contributed by atoms with Gasteiger partial charge in [0.25, 0.3) is 0 Å². The molecule has 2 saturated carbocycles. The van der Waals surface area contributed by atoms with Crippen LogP contribution in [0.25, 0.3) is 0 Å². The summed E-state index contributed by atoms with van der Waals surface area (Å²) >= 11 is 0. The maximum absolute atomic E-state index is 10.3. The number of ether oxygens (including phenoxy) is 1. The van der Waals surface area contributed by atoms with E-state index in [0.29, 0.717) is 0 Å². The molecule has 3 heteroatoms. The summed E-state index contributed by atoms with van der Waals surface area (Å²) in [5.41, 5.74) is 0.274. The van der Waals surface area contributed by atoms with E-state index in [9.17, 15) is 4.79 Å². The lowest BCUT2D eigenvalue weighted by atomic mass is 9.86. The number of carboxylic acid groups (broad SMARTS) is 1. The second-order valence-electron chi connectivity index (χ2n) is 4.00. The molecule has 0 radical (unpaired) electrons. The topological polar surface area (TPSA) is 46.5 Å². The summed E-state index contributed by atoms with van der Waals surface area (Å²) in [5.74, 6) is 0. The molecular weight excluding hydrogens is 156 g/mol. The molecule has 0 amide bonds. The minimum atomic E-state index is -1.11. The molecule has 2 fully saturated rings. The van der Waals surface area contributed by atoms with Crippen molar-refractivity contribution in [2.45, 2.75) is 44.6 Å². The van der Waals surface area contributed by atoms with E-state index in [1.54, 1.807) is 0 Å². The predicted molar refractivity (Wildman–Crippen MR) is 43.0 cm³/mol. The third-order valence-corrected chi connectivity index (χ3v) is 3.21. The van der Waals surface area contributed by atoms with Crippen LogP contribution in [-0.2, 0) is 4.74 Å². The molecule has 0 bridgehead atoms. The molecule has 0 unspecified atom stereocenters. The van der Waals surface area contributed by atoms with Crippen molar-refractivity contribution >= 4 is 6.16 Å². The first-order valence-electron chi connectivity index (χ1n) is 4.63. The lowest BCUT2D eigenvalue weighted by Crippen LogP contribution is -2.15. The monoisotopic (exact) mass is 170 g/mol. The summed E-state index contributed by atoms with van der Waals surface area (Å²) in [7, 11) is 0. The van der Waals surface area contributed by atoms with Gasteiger partial charge in [0.15, 0.2) is 0 Å². The summed E-state index contributed by atoms with van der Waals surface area (Å²) in [6.45, 7) is 0. The van der Waals surface area contributed by atoms with Crippen LogP contribution in [0.15, 0.2) is 0 Å². The maximum Gasteiger partial charge on any atom is 0.506 e. The second-order valence-corrected chi connectivity index (χ2v) is 4.00. The zero-order valence-electron chi connectivity index (χ0n) is 7.08. The fourth-order valence-electron chi connectivity index (χ4n) is 2.38. The molecule has 0 aromatic rings. The summed E-state index contributed by atoms with van der Waals surface area (Å²) in [6, 6.07) is 0. The van der Waals surface area contributed by atoms with Crippen molar-refractivity contribution in [2.75, 3.05) is 0 Å². The van der Waals surface area contributed by atoms with E-state index in [1.165, 1.54) is 32.1 Å². The van der Waals surface area contributed by atoms with Gasteiger partial charge in [-0.3, -0.25) is 0 Å². The summed E-state index contributed by atoms with van der Waals surface area (Å²) < 4.78 is 4.77. The summed E-state index contributed by atoms with van der Waals surface area (Å²) in [5, 5.41) is 8.42. The number of hydrogen-bond acceptors (Lipinski definition) is 2. The van der Waals surface area contributed by atoms with Gasteiger partial charge in [-0.15, -0.1) is 0 Å². The number of carbonyl (C=O) groups is 1. The van der Waals surface area contributed by atoms with Crippen LogP contribution in [0.4, 0.5) is 4.79 Å². The molecule has 0 heterocycles. The normalized spacial score (nSPS) is 31.5. The van der Waals surface area contributed by atoms with Gasteiger partial charge in [0.05, 0.1) is 0 Å². The molecule has 2 aliphatic rings. The number of rotatable bonds is 1. The Kier molecular flexibility index (Phi) is 1.74. The highest BCUT2D eigenvalue weighted by atomic mass is 16.7. The highest BCUT2D eigenvalue weighted by Gasteiger charge is 2.56. The van der Waals surface area contributed by atoms with Gasteiger partial charge in [0, 0.05) is 5.41 Å². The molecule has 0 aromatic carbocycles. The van der Waals surface area contributed by atoms with Crippen LogP contribution < -0.4 is 0 Å². The van der Waals surface area contributed by atoms with Gasteiger partial charge in [0.2, 0.25) is 0 Å². The van der Waals surface area contributed by atoms with Gasteiger partial charge >= 0.3 is 6.16 Å². The second kappa shape index (κ2) is 2.64. The quantitative estimate of drug-likeness (QED) is 0.614. The SMILES string of the molecule is O=C(O)O[C@H]1CC12CCCCC2. The summed E-state index contributed by atoms with van der Waals surface area (Å²) in [4.78, 5) is 10.3. The Labute approximate surface area is 71.7 Å². The Balaban J connectivity index is 1.86. The first-order chi connectivity index (χ1) is 5.73. The first kappa shape index (κ1) is 7.90. The lowest BCUT2D eigenvalue weighted by molar-refractivity contribution is 0.0661. The highest BCUT2D eigenvalue weighted by molar-refractivity contribution is 5.57. The van der Waals surface area contributed by atoms with Crippen molar-refractivity contribution in [3.63, 3.8) is 0 Å². The summed E-state index contributed by atoms with van der Waals surface area (Å²) in [6.07, 6.45) is 6.04. The van der Waals surface area contributed by atoms with Gasteiger partial charge in [-0.1, -0.05) is 19.3 Å². The van der Waals surface area contributed by atoms with Gasteiger partial charge in [-0.2, -0.15) is 0 Å². The molecule has 1 spiro atoms. The van der Waals surface area contributed by atoms with Gasteiger partial charge in [0.1, 0.15) is 6.10 Å². The van der Waals surface area contributed by atoms with Crippen LogP contribution in [0, 0.1) is 5.41 Å². The molecule has 2 aliphatic carbocycles. The van der Waals surface area contributed by atoms with Crippen molar-refractivity contribution in [1.29, 1.82) is 0 Å². The van der Waals surface area contributed by atoms with Gasteiger partial charge in [-0.05, 0) is 19.3 Å². The molecular formula is C9H14O3. The van der Waals surface area contributed by atoms with E-state index in [-0.39, 0.29) is 11.5 Å². The van der Waals surface area contributed by atoms with Crippen LogP contribution in [0.5, 0.6) is 0 Å². The van der Waals surface area contributed by atoms with Crippen LogP contribution in [0.3, 0.4) is 0 Å². The minimum Gasteiger partial charge on any atom is -0.450 e. The van der Waals surface area contributed by atoms with E-state index < -0.39 is 6.16 Å². The Morgan fingerprint density at radius 3 is 2.58 bits per heavy atom. The molecule has 12 heavy (non-hydrogen) atoms. The van der Waals surface area contributed by atoms with E-state index in [1.807, 2.05) is 0 Å². The van der Waals surface area contributed by atoms with Crippen molar-refractivity contribution in [3.05, 3.63) is 0 Å². The number of hydrogen-bond donors (Lipinski definition) is 1. The molecule has 0 aromatic heterocycles. The highest BCUT2D eigenvalue weighted by Crippen LogP contribution is 2.57. The van der Waals surface area contributed by atoms with Crippen molar-refractivity contribution in [2.24, 2.45) is 5.41 Å². The third-order valence-electron chi connectivity index (χ3n) is 3.21. The molecule has 1 N–H and O–H groups in total. The van der Waals surface area contributed by atoms with Crippen LogP contribution in [-0.4, -0.2) is 17.4 Å². The zero-order chi connectivity index (χ0) is 8.60. The van der Waals surface area contributed by atoms with Gasteiger partial charge in [-0.25, -0.2) is 4.79 Å². The van der Waals surface area contributed by atoms with Crippen LogP contribution >= 0.6 is 0 Å². The Morgan fingerprint density at radius 1 is 1.33 bits per heavy atom. The largest absolute Gasteiger partial charge is 0.506 e. The minimum absolute atomic E-state index is 0.0234. The van der Waals surface area contributed by atoms with Crippen molar-refractivity contribution < 1.29 is 14.6 Å². The van der Waals surface area contributed by atoms with Crippen molar-refractivity contribution in [3.8, 4) is 0 Å². The van der Waals surface area contributed by atoms with Crippen LogP contribution in [0.2, 0.25) is 0 Å². The fourth-order valence-corrected chi connectivity index (χ4v) is 2.38. The average Bonchev–Trinajstić information content (AvgIpc) is 2.63. The smallest absolute Gasteiger partial charge is 0.450 e. The molecule has 0 saturated heterocycles. The van der Waals surface area contributed by atoms with Crippen LogP contribution in [0.1, 0.15) is 38.5 Å². The lowest BCUT2D eigenvalue weighted by Gasteiger charge is -2.21. The first-order valence-corrected chi connectivity index (χ1v) is 4.63. The maximum atomic E-state index is 10.3. The van der Waals surface area contributed by atoms with Gasteiger partial charge < -0.3 is 9.84 Å². The molecule has 68 valence electrons. The van der Waals surface area contributed by atoms with E-state index in [0.717, 1.165) is 6.42 Å². The zero-order valence-corrected chi connectivity index (χ0v) is 7.08. The standard InChI is InChI=1S/C9H14O3/c10-8(11)12-7-6-9(7)4-2-1-3-5-9/h7H,1-6H2,(H,10,11)/t7-/m0/s1. The Morgan fingerprint density at radius 2 is 2.00 bits per heavy atom. The van der Waals surface area contributed by atoms with Crippen molar-refractivity contribution in [1.82, 2.24) is 0 Å². The molecule has 1 atom stereocenters. The van der Waals surface area contributed by atoms with E-state index in [2.05, 4.69) is 0 Å². The van der Waals surface area contributed by atoms with E-state index >= 15 is 0 Å². The van der Waals surface area contributed by atoms with E-state index in [4.69, 9.17) is 9.84 Å². The Hall–Kier alpha value is -0.730. The average molecular weight is 170 g/mol. The fraction of sp³-hybridized carbons (Fsp3) is 0.889. The molecule has 3 nitrogen and oxygen atoms in total. The Bertz CT molecular complexity index is 194. The predicted octanol–water partition coefficient (Wildman–Crippen LogP) is 2.40.